The summed E-state index contributed by atoms with van der Waals surface area (Å²) in [5, 5.41) is 0.643. The molecule has 4 rings (SSSR count). The number of carbonyl (C=O) groups is 1. The maximum absolute atomic E-state index is 13.6. The fraction of sp³-hybridized carbons (Fsp3) is 0.211. The first-order valence-corrected chi connectivity index (χ1v) is 8.93. The van der Waals surface area contributed by atoms with Gasteiger partial charge in [0, 0.05) is 22.0 Å². The minimum Gasteiger partial charge on any atom is -0.443 e. The number of carbonyl (C=O) groups excluding carboxylic acids is 1. The molecule has 0 saturated heterocycles. The van der Waals surface area contributed by atoms with E-state index in [0.29, 0.717) is 16.4 Å². The topological polar surface area (TPSA) is 57.0 Å². The summed E-state index contributed by atoms with van der Waals surface area (Å²) in [6.07, 6.45) is -0.624. The number of halogens is 3. The molecule has 0 fully saturated rings. The fourth-order valence-corrected chi connectivity index (χ4v) is 3.24. The Bertz CT molecular complexity index is 1250. The summed E-state index contributed by atoms with van der Waals surface area (Å²) in [6.45, 7) is 5.28. The number of hydrogen-bond donors (Lipinski definition) is 0. The third kappa shape index (κ3) is 3.03. The lowest BCUT2D eigenvalue weighted by atomic mass is 10.2. The quantitative estimate of drug-likeness (QED) is 0.364. The predicted molar refractivity (Wildman–Crippen MR) is 102 cm³/mol. The summed E-state index contributed by atoms with van der Waals surface area (Å²) >= 11 is 3.40. The van der Waals surface area contributed by atoms with Crippen LogP contribution < -0.4 is 0 Å². The van der Waals surface area contributed by atoms with Crippen LogP contribution in [0.5, 0.6) is 0 Å². The molecule has 138 valence electrons. The van der Waals surface area contributed by atoms with Crippen LogP contribution in [0.15, 0.2) is 34.8 Å². The maximum atomic E-state index is 13.6. The summed E-state index contributed by atoms with van der Waals surface area (Å²) in [5.74, 6) is -2.04. The number of nitrogens with zero attached hydrogens (tertiary/aromatic N) is 3. The van der Waals surface area contributed by atoms with Gasteiger partial charge in [-0.25, -0.2) is 28.1 Å². The molecule has 27 heavy (non-hydrogen) atoms. The Kier molecular flexibility index (Phi) is 3.92. The Morgan fingerprint density at radius 1 is 1.07 bits per heavy atom. The lowest BCUT2D eigenvalue weighted by Gasteiger charge is -2.20. The zero-order chi connectivity index (χ0) is 19.5. The second-order valence-electron chi connectivity index (χ2n) is 7.13. The van der Waals surface area contributed by atoms with Crippen molar-refractivity contribution in [1.29, 1.82) is 0 Å². The lowest BCUT2D eigenvalue weighted by molar-refractivity contribution is 0.0550. The van der Waals surface area contributed by atoms with Gasteiger partial charge in [0.1, 0.15) is 11.1 Å². The van der Waals surface area contributed by atoms with Gasteiger partial charge in [-0.1, -0.05) is 15.9 Å². The van der Waals surface area contributed by atoms with Crippen LogP contribution in [-0.4, -0.2) is 26.2 Å². The average Bonchev–Trinajstić information content (AvgIpc) is 2.85. The molecule has 0 atom stereocenters. The Balaban J connectivity index is 2.11. The Hall–Kier alpha value is -2.61. The number of ether oxygens (including phenoxy) is 1. The highest BCUT2D eigenvalue weighted by molar-refractivity contribution is 9.10. The van der Waals surface area contributed by atoms with Crippen LogP contribution in [-0.2, 0) is 4.74 Å². The largest absolute Gasteiger partial charge is 0.443 e. The molecule has 0 radical (unpaired) electrons. The molecule has 2 heterocycles. The maximum Gasteiger partial charge on any atom is 0.420 e. The molecule has 0 aliphatic rings. The SMILES string of the molecule is CC(C)(C)OC(=O)n1c2ccc(Br)cc2c2nc3cc(F)c(F)cc3nc21. The molecule has 0 aliphatic heterocycles. The van der Waals surface area contributed by atoms with E-state index in [0.717, 1.165) is 16.6 Å². The van der Waals surface area contributed by atoms with E-state index < -0.39 is 23.3 Å². The van der Waals surface area contributed by atoms with Crippen molar-refractivity contribution in [3.63, 3.8) is 0 Å². The molecule has 0 spiro atoms. The van der Waals surface area contributed by atoms with Gasteiger partial charge in [-0.3, -0.25) is 0 Å². The molecular formula is C19H14BrF2N3O2. The highest BCUT2D eigenvalue weighted by Crippen LogP contribution is 2.31. The number of fused-ring (bicyclic) bond motifs is 4. The first-order chi connectivity index (χ1) is 12.6. The van der Waals surface area contributed by atoms with Crippen molar-refractivity contribution in [2.75, 3.05) is 0 Å². The van der Waals surface area contributed by atoms with Crippen molar-refractivity contribution in [2.45, 2.75) is 26.4 Å². The van der Waals surface area contributed by atoms with Crippen LogP contribution in [0.3, 0.4) is 0 Å². The summed E-state index contributed by atoms with van der Waals surface area (Å²) in [6, 6.07) is 7.26. The van der Waals surface area contributed by atoms with Crippen molar-refractivity contribution in [3.05, 3.63) is 46.4 Å². The van der Waals surface area contributed by atoms with Crippen LogP contribution in [0, 0.1) is 11.6 Å². The van der Waals surface area contributed by atoms with Crippen molar-refractivity contribution in [3.8, 4) is 0 Å². The third-order valence-electron chi connectivity index (χ3n) is 3.93. The fourth-order valence-electron chi connectivity index (χ4n) is 2.88. The van der Waals surface area contributed by atoms with Crippen LogP contribution in [0.25, 0.3) is 33.1 Å². The van der Waals surface area contributed by atoms with E-state index in [1.54, 1.807) is 39.0 Å². The van der Waals surface area contributed by atoms with Gasteiger partial charge in [0.2, 0.25) is 0 Å². The molecule has 0 saturated carbocycles. The molecule has 0 amide bonds. The molecule has 0 unspecified atom stereocenters. The Labute approximate surface area is 161 Å². The summed E-state index contributed by atoms with van der Waals surface area (Å²) < 4.78 is 34.8. The monoisotopic (exact) mass is 433 g/mol. The van der Waals surface area contributed by atoms with E-state index in [1.165, 1.54) is 4.57 Å². The van der Waals surface area contributed by atoms with Gasteiger partial charge in [-0.2, -0.15) is 0 Å². The van der Waals surface area contributed by atoms with Crippen LogP contribution in [0.2, 0.25) is 0 Å². The second kappa shape index (κ2) is 5.95. The second-order valence-corrected chi connectivity index (χ2v) is 8.04. The number of benzene rings is 2. The van der Waals surface area contributed by atoms with Gasteiger partial charge < -0.3 is 4.74 Å². The standard InChI is InChI=1S/C19H14BrF2N3O2/c1-19(2,3)27-18(26)25-15-5-4-9(20)6-10(15)16-17(25)24-14-8-12(22)11(21)7-13(14)23-16/h4-8H,1-3H3. The van der Waals surface area contributed by atoms with Gasteiger partial charge in [0.05, 0.1) is 16.6 Å². The van der Waals surface area contributed by atoms with E-state index in [4.69, 9.17) is 4.74 Å². The van der Waals surface area contributed by atoms with Crippen LogP contribution in [0.1, 0.15) is 20.8 Å². The normalized spacial score (nSPS) is 12.2. The van der Waals surface area contributed by atoms with Gasteiger partial charge in [0.15, 0.2) is 17.3 Å². The smallest absolute Gasteiger partial charge is 0.420 e. The first-order valence-electron chi connectivity index (χ1n) is 8.14. The molecule has 2 aromatic carbocycles. The van der Waals surface area contributed by atoms with Crippen molar-refractivity contribution >= 4 is 55.1 Å². The molecule has 0 aliphatic carbocycles. The van der Waals surface area contributed by atoms with Crippen molar-refractivity contribution in [1.82, 2.24) is 14.5 Å². The first kappa shape index (κ1) is 17.8. The number of rotatable bonds is 0. The van der Waals surface area contributed by atoms with E-state index in [2.05, 4.69) is 25.9 Å². The average molecular weight is 434 g/mol. The van der Waals surface area contributed by atoms with Gasteiger partial charge in [-0.15, -0.1) is 0 Å². The molecule has 0 bridgehead atoms. The van der Waals surface area contributed by atoms with Crippen LogP contribution >= 0.6 is 15.9 Å². The van der Waals surface area contributed by atoms with E-state index in [9.17, 15) is 13.6 Å². The lowest BCUT2D eigenvalue weighted by Crippen LogP contribution is -2.27. The number of hydrogen-bond acceptors (Lipinski definition) is 4. The van der Waals surface area contributed by atoms with Gasteiger partial charge in [-0.05, 0) is 39.0 Å². The molecule has 4 aromatic rings. The highest BCUT2D eigenvalue weighted by Gasteiger charge is 2.24. The van der Waals surface area contributed by atoms with E-state index in [1.807, 2.05) is 0 Å². The summed E-state index contributed by atoms with van der Waals surface area (Å²) in [7, 11) is 0. The molecule has 2 aromatic heterocycles. The Morgan fingerprint density at radius 3 is 2.33 bits per heavy atom. The van der Waals surface area contributed by atoms with Crippen molar-refractivity contribution in [2.24, 2.45) is 0 Å². The zero-order valence-corrected chi connectivity index (χ0v) is 16.3. The minimum absolute atomic E-state index is 0.146. The van der Waals surface area contributed by atoms with Gasteiger partial charge in [0.25, 0.3) is 0 Å². The summed E-state index contributed by atoms with van der Waals surface area (Å²) in [4.78, 5) is 21.6. The van der Waals surface area contributed by atoms with E-state index in [-0.39, 0.29) is 16.7 Å². The van der Waals surface area contributed by atoms with Crippen molar-refractivity contribution < 1.29 is 18.3 Å². The van der Waals surface area contributed by atoms with Gasteiger partial charge >= 0.3 is 6.09 Å². The predicted octanol–water partition coefficient (Wildman–Crippen LogP) is 5.56. The minimum atomic E-state index is -1.03. The summed E-state index contributed by atoms with van der Waals surface area (Å²) in [5.41, 5.74) is 0.789. The molecular weight excluding hydrogens is 420 g/mol. The van der Waals surface area contributed by atoms with Crippen LogP contribution in [0.4, 0.5) is 13.6 Å². The Morgan fingerprint density at radius 2 is 1.70 bits per heavy atom. The highest BCUT2D eigenvalue weighted by atomic mass is 79.9. The van der Waals surface area contributed by atoms with E-state index >= 15 is 0 Å². The molecule has 5 nitrogen and oxygen atoms in total. The molecule has 8 heteroatoms. The molecule has 0 N–H and O–H groups in total. The third-order valence-corrected chi connectivity index (χ3v) is 4.42. The zero-order valence-electron chi connectivity index (χ0n) is 14.7. The number of aromatic nitrogens is 3.